The highest BCUT2D eigenvalue weighted by Gasteiger charge is 2.27. The lowest BCUT2D eigenvalue weighted by Gasteiger charge is -2.18. The summed E-state index contributed by atoms with van der Waals surface area (Å²) in [6, 6.07) is 21.1. The maximum absolute atomic E-state index is 13.2. The van der Waals surface area contributed by atoms with Gasteiger partial charge in [0.05, 0.1) is 18.7 Å². The molecule has 0 radical (unpaired) electrons. The van der Waals surface area contributed by atoms with Gasteiger partial charge in [-0.25, -0.2) is 10.5 Å². The maximum Gasteiger partial charge on any atom is 0.272 e. The molecule has 1 atom stereocenters. The Kier molecular flexibility index (Phi) is 6.73. The summed E-state index contributed by atoms with van der Waals surface area (Å²) in [4.78, 5) is 38.2. The van der Waals surface area contributed by atoms with E-state index in [4.69, 9.17) is 4.74 Å². The minimum Gasteiger partial charge on any atom is -0.497 e. The lowest BCUT2D eigenvalue weighted by molar-refractivity contribution is -0.123. The van der Waals surface area contributed by atoms with Crippen molar-refractivity contribution in [3.05, 3.63) is 106 Å². The summed E-state index contributed by atoms with van der Waals surface area (Å²) < 4.78 is 5.18. The zero-order valence-corrected chi connectivity index (χ0v) is 18.2. The fourth-order valence-corrected chi connectivity index (χ4v) is 3.37. The number of H-pyrrole nitrogens is 1. The van der Waals surface area contributed by atoms with E-state index in [9.17, 15) is 14.4 Å². The van der Waals surface area contributed by atoms with Gasteiger partial charge in [-0.1, -0.05) is 48.5 Å². The third-order valence-corrected chi connectivity index (χ3v) is 5.05. The van der Waals surface area contributed by atoms with Gasteiger partial charge in [0, 0.05) is 10.9 Å². The molecule has 0 spiro atoms. The number of aromatic amines is 1. The molecule has 3 N–H and O–H groups in total. The van der Waals surface area contributed by atoms with Crippen LogP contribution in [0.4, 0.5) is 0 Å². The number of amides is 2. The predicted molar refractivity (Wildman–Crippen MR) is 128 cm³/mol. The van der Waals surface area contributed by atoms with Crippen LogP contribution in [-0.4, -0.2) is 35.3 Å². The molecule has 0 saturated heterocycles. The number of rotatable bonds is 7. The van der Waals surface area contributed by atoms with Crippen molar-refractivity contribution >= 4 is 28.8 Å². The minimum absolute atomic E-state index is 0.188. The van der Waals surface area contributed by atoms with Crippen molar-refractivity contribution < 1.29 is 14.3 Å². The van der Waals surface area contributed by atoms with Crippen LogP contribution >= 0.6 is 0 Å². The first-order chi connectivity index (χ1) is 16.6. The van der Waals surface area contributed by atoms with Gasteiger partial charge in [0.2, 0.25) is 0 Å². The normalized spacial score (nSPS) is 11.8. The highest BCUT2D eigenvalue weighted by Crippen LogP contribution is 2.20. The van der Waals surface area contributed by atoms with Crippen molar-refractivity contribution in [2.45, 2.75) is 6.04 Å². The molecule has 0 fully saturated rings. The number of hydrogen-bond acceptors (Lipinski definition) is 6. The van der Waals surface area contributed by atoms with Gasteiger partial charge >= 0.3 is 0 Å². The number of hydrazone groups is 1. The van der Waals surface area contributed by atoms with Gasteiger partial charge in [-0.05, 0) is 35.9 Å². The molecule has 34 heavy (non-hydrogen) atoms. The third kappa shape index (κ3) is 4.99. The highest BCUT2D eigenvalue weighted by molar-refractivity contribution is 5.99. The van der Waals surface area contributed by atoms with Crippen molar-refractivity contribution in [3.8, 4) is 5.75 Å². The summed E-state index contributed by atoms with van der Waals surface area (Å²) in [5.41, 5.74) is 3.31. The Morgan fingerprint density at radius 1 is 1.00 bits per heavy atom. The standard InChI is InChI=1S/C25H21N5O4/c1-34-18-11-7-8-16(14-18)15-26-29-25(33)22(27-23(31)17-9-3-2-4-10-17)21-19-12-5-6-13-20(19)24(32)30-28-21/h2-15,22H,1H3,(H,27,31)(H,29,33)(H,30,32)/t22-/m0/s1. The molecule has 4 rings (SSSR count). The Morgan fingerprint density at radius 2 is 1.74 bits per heavy atom. The number of fused-ring (bicyclic) bond motifs is 1. The van der Waals surface area contributed by atoms with Crippen LogP contribution < -0.4 is 21.0 Å². The molecular formula is C25H21N5O4. The first kappa shape index (κ1) is 22.4. The molecule has 170 valence electrons. The van der Waals surface area contributed by atoms with Crippen LogP contribution in [0.15, 0.2) is 88.8 Å². The van der Waals surface area contributed by atoms with E-state index >= 15 is 0 Å². The molecule has 1 heterocycles. The number of benzene rings is 3. The van der Waals surface area contributed by atoms with E-state index in [1.54, 1.807) is 86.0 Å². The van der Waals surface area contributed by atoms with Gasteiger partial charge in [-0.15, -0.1) is 0 Å². The molecule has 0 aliphatic heterocycles. The van der Waals surface area contributed by atoms with Crippen molar-refractivity contribution in [2.24, 2.45) is 5.10 Å². The topological polar surface area (TPSA) is 126 Å². The number of methoxy groups -OCH3 is 1. The second-order valence-corrected chi connectivity index (χ2v) is 7.27. The van der Waals surface area contributed by atoms with Gasteiger partial charge in [0.15, 0.2) is 6.04 Å². The van der Waals surface area contributed by atoms with E-state index in [1.807, 2.05) is 0 Å². The number of carbonyl (C=O) groups excluding carboxylic acids is 2. The monoisotopic (exact) mass is 455 g/mol. The first-order valence-corrected chi connectivity index (χ1v) is 10.4. The van der Waals surface area contributed by atoms with Gasteiger partial charge in [-0.3, -0.25) is 14.4 Å². The smallest absolute Gasteiger partial charge is 0.272 e. The molecule has 4 aromatic rings. The highest BCUT2D eigenvalue weighted by atomic mass is 16.5. The van der Waals surface area contributed by atoms with Crippen LogP contribution in [0.25, 0.3) is 10.8 Å². The lowest BCUT2D eigenvalue weighted by atomic mass is 10.0. The second-order valence-electron chi connectivity index (χ2n) is 7.27. The van der Waals surface area contributed by atoms with E-state index in [1.165, 1.54) is 6.21 Å². The zero-order valence-electron chi connectivity index (χ0n) is 18.2. The van der Waals surface area contributed by atoms with E-state index in [0.29, 0.717) is 27.6 Å². The fraction of sp³-hybridized carbons (Fsp3) is 0.0800. The number of carbonyl (C=O) groups is 2. The number of ether oxygens (including phenoxy) is 1. The van der Waals surface area contributed by atoms with Crippen LogP contribution in [0.2, 0.25) is 0 Å². The molecule has 0 saturated carbocycles. The Morgan fingerprint density at radius 3 is 2.50 bits per heavy atom. The Labute approximate surface area is 194 Å². The number of aromatic nitrogens is 2. The molecule has 0 bridgehead atoms. The van der Waals surface area contributed by atoms with Crippen molar-refractivity contribution in [1.29, 1.82) is 0 Å². The molecule has 0 unspecified atom stereocenters. The third-order valence-electron chi connectivity index (χ3n) is 5.05. The van der Waals surface area contributed by atoms with Crippen LogP contribution in [0.5, 0.6) is 5.75 Å². The largest absolute Gasteiger partial charge is 0.497 e. The van der Waals surface area contributed by atoms with Gasteiger partial charge in [-0.2, -0.15) is 10.2 Å². The van der Waals surface area contributed by atoms with Crippen LogP contribution in [0, 0.1) is 0 Å². The Hall–Kier alpha value is -4.79. The van der Waals surface area contributed by atoms with Crippen LogP contribution in [0.3, 0.4) is 0 Å². The molecular weight excluding hydrogens is 434 g/mol. The van der Waals surface area contributed by atoms with E-state index < -0.39 is 23.4 Å². The maximum atomic E-state index is 13.2. The molecule has 0 aliphatic rings. The molecule has 2 amide bonds. The minimum atomic E-state index is -1.23. The van der Waals surface area contributed by atoms with Crippen molar-refractivity contribution in [3.63, 3.8) is 0 Å². The van der Waals surface area contributed by atoms with Crippen LogP contribution in [-0.2, 0) is 4.79 Å². The summed E-state index contributed by atoms with van der Waals surface area (Å²) in [7, 11) is 1.56. The van der Waals surface area contributed by atoms with Gasteiger partial charge in [0.25, 0.3) is 17.4 Å². The summed E-state index contributed by atoms with van der Waals surface area (Å²) in [5.74, 6) is -0.463. The average Bonchev–Trinajstić information content (AvgIpc) is 2.88. The number of hydrogen-bond donors (Lipinski definition) is 3. The van der Waals surface area contributed by atoms with E-state index in [0.717, 1.165) is 0 Å². The fourth-order valence-electron chi connectivity index (χ4n) is 3.37. The van der Waals surface area contributed by atoms with Crippen molar-refractivity contribution in [2.75, 3.05) is 7.11 Å². The lowest BCUT2D eigenvalue weighted by Crippen LogP contribution is -2.40. The molecule has 9 heteroatoms. The quantitative estimate of drug-likeness (QED) is 0.292. The Balaban J connectivity index is 1.66. The first-order valence-electron chi connectivity index (χ1n) is 10.4. The van der Waals surface area contributed by atoms with Gasteiger partial charge in [0.1, 0.15) is 11.4 Å². The van der Waals surface area contributed by atoms with E-state index in [-0.39, 0.29) is 5.69 Å². The molecule has 3 aromatic carbocycles. The summed E-state index contributed by atoms with van der Waals surface area (Å²) in [5, 5.41) is 14.0. The summed E-state index contributed by atoms with van der Waals surface area (Å²) in [6.45, 7) is 0. The van der Waals surface area contributed by atoms with E-state index in [2.05, 4.69) is 26.0 Å². The average molecular weight is 455 g/mol. The molecule has 0 aliphatic carbocycles. The molecule has 9 nitrogen and oxygen atoms in total. The second kappa shape index (κ2) is 10.2. The SMILES string of the molecule is COc1cccc(C=NNC(=O)[C@@H](NC(=O)c2ccccc2)c2n[nH]c(=O)c3ccccc23)c1. The van der Waals surface area contributed by atoms with Crippen molar-refractivity contribution in [1.82, 2.24) is 20.9 Å². The number of nitrogens with zero attached hydrogens (tertiary/aromatic N) is 2. The van der Waals surface area contributed by atoms with Gasteiger partial charge < -0.3 is 10.1 Å². The zero-order chi connectivity index (χ0) is 23.9. The molecule has 1 aromatic heterocycles. The predicted octanol–water partition coefficient (Wildman–Crippen LogP) is 2.55. The Bertz CT molecular complexity index is 1420. The number of nitrogens with one attached hydrogen (secondary N) is 3. The summed E-state index contributed by atoms with van der Waals surface area (Å²) in [6.07, 6.45) is 1.45. The summed E-state index contributed by atoms with van der Waals surface area (Å²) >= 11 is 0. The van der Waals surface area contributed by atoms with Crippen LogP contribution in [0.1, 0.15) is 27.7 Å².